The number of ether oxygens (including phenoxy) is 2. The lowest BCUT2D eigenvalue weighted by Crippen LogP contribution is -2.30. The van der Waals surface area contributed by atoms with E-state index in [1.54, 1.807) is 50.2 Å². The molecular weight excluding hydrogens is 346 g/mol. The summed E-state index contributed by atoms with van der Waals surface area (Å²) < 4.78 is 10.7. The van der Waals surface area contributed by atoms with Gasteiger partial charge in [0.15, 0.2) is 0 Å². The zero-order valence-electron chi connectivity index (χ0n) is 13.5. The van der Waals surface area contributed by atoms with Gasteiger partial charge in [0.05, 0.1) is 14.2 Å². The van der Waals surface area contributed by atoms with E-state index >= 15 is 0 Å². The summed E-state index contributed by atoms with van der Waals surface area (Å²) in [4.78, 5) is 14.7. The summed E-state index contributed by atoms with van der Waals surface area (Å²) in [7, 11) is 3.24. The van der Waals surface area contributed by atoms with Gasteiger partial charge in [0.2, 0.25) is 0 Å². The molecule has 2 aromatic rings. The number of amides is 1. The highest BCUT2D eigenvalue weighted by atomic mass is 35.5. The van der Waals surface area contributed by atoms with Crippen LogP contribution in [0.15, 0.2) is 42.5 Å². The van der Waals surface area contributed by atoms with Gasteiger partial charge in [-0.05, 0) is 42.0 Å². The van der Waals surface area contributed by atoms with Crippen molar-refractivity contribution in [3.05, 3.63) is 58.6 Å². The Balaban J connectivity index is 1.90. The Morgan fingerprint density at radius 3 is 2.33 bits per heavy atom. The van der Waals surface area contributed by atoms with Crippen molar-refractivity contribution in [1.82, 2.24) is 4.90 Å². The van der Waals surface area contributed by atoms with Crippen molar-refractivity contribution in [1.29, 1.82) is 0 Å². The monoisotopic (exact) mass is 363 g/mol. The molecule has 4 nitrogen and oxygen atoms in total. The molecule has 0 aliphatic carbocycles. The summed E-state index contributed by atoms with van der Waals surface area (Å²) in [5, 5.41) is 0.564. The second-order valence-corrected chi connectivity index (χ2v) is 7.00. The summed E-state index contributed by atoms with van der Waals surface area (Å²) in [6, 6.07) is 12.7. The molecule has 1 heterocycles. The fourth-order valence-corrected chi connectivity index (χ4v) is 4.05. The van der Waals surface area contributed by atoms with E-state index in [-0.39, 0.29) is 11.3 Å². The van der Waals surface area contributed by atoms with E-state index in [1.165, 1.54) is 0 Å². The van der Waals surface area contributed by atoms with E-state index in [9.17, 15) is 4.79 Å². The fraction of sp³-hybridized carbons (Fsp3) is 0.278. The lowest BCUT2D eigenvalue weighted by molar-refractivity contribution is 0.0760. The maximum absolute atomic E-state index is 12.9. The van der Waals surface area contributed by atoms with Crippen LogP contribution in [-0.4, -0.2) is 37.3 Å². The molecule has 0 aromatic heterocycles. The average Bonchev–Trinajstić information content (AvgIpc) is 3.11. The van der Waals surface area contributed by atoms with Crippen LogP contribution in [-0.2, 0) is 0 Å². The summed E-state index contributed by atoms with van der Waals surface area (Å²) in [5.74, 6) is 2.33. The van der Waals surface area contributed by atoms with Crippen LogP contribution < -0.4 is 9.47 Å². The van der Waals surface area contributed by atoms with Crippen molar-refractivity contribution < 1.29 is 14.3 Å². The van der Waals surface area contributed by atoms with Crippen molar-refractivity contribution in [2.45, 2.75) is 5.37 Å². The van der Waals surface area contributed by atoms with Crippen LogP contribution in [0.3, 0.4) is 0 Å². The lowest BCUT2D eigenvalue weighted by Gasteiger charge is -2.25. The Morgan fingerprint density at radius 2 is 1.75 bits per heavy atom. The van der Waals surface area contributed by atoms with Crippen molar-refractivity contribution >= 4 is 29.3 Å². The van der Waals surface area contributed by atoms with E-state index in [4.69, 9.17) is 21.1 Å². The molecule has 0 bridgehead atoms. The topological polar surface area (TPSA) is 38.8 Å². The minimum Gasteiger partial charge on any atom is -0.497 e. The van der Waals surface area contributed by atoms with Gasteiger partial charge in [0.1, 0.15) is 16.9 Å². The molecule has 1 aliphatic rings. The molecule has 0 radical (unpaired) electrons. The number of carbonyl (C=O) groups excluding carboxylic acids is 1. The number of nitrogens with zero attached hydrogens (tertiary/aromatic N) is 1. The van der Waals surface area contributed by atoms with E-state index in [2.05, 4.69) is 0 Å². The van der Waals surface area contributed by atoms with Crippen LogP contribution in [0.5, 0.6) is 11.5 Å². The molecule has 1 saturated heterocycles. The number of rotatable bonds is 4. The minimum absolute atomic E-state index is 0.00320. The number of methoxy groups -OCH3 is 2. The molecule has 0 saturated carbocycles. The van der Waals surface area contributed by atoms with E-state index in [1.807, 2.05) is 23.1 Å². The molecule has 0 spiro atoms. The van der Waals surface area contributed by atoms with E-state index < -0.39 is 0 Å². The first-order valence-corrected chi connectivity index (χ1v) is 8.96. The predicted octanol–water partition coefficient (Wildman–Crippen LogP) is 4.25. The van der Waals surface area contributed by atoms with Gasteiger partial charge in [-0.25, -0.2) is 0 Å². The molecule has 1 aliphatic heterocycles. The van der Waals surface area contributed by atoms with Crippen LogP contribution in [0, 0.1) is 0 Å². The first-order valence-electron chi connectivity index (χ1n) is 7.53. The quantitative estimate of drug-likeness (QED) is 0.814. The molecule has 1 fully saturated rings. The number of hydrogen-bond acceptors (Lipinski definition) is 4. The third kappa shape index (κ3) is 3.47. The van der Waals surface area contributed by atoms with Crippen LogP contribution in [0.1, 0.15) is 21.3 Å². The van der Waals surface area contributed by atoms with Crippen molar-refractivity contribution in [2.24, 2.45) is 0 Å². The Bertz CT molecular complexity index is 713. The van der Waals surface area contributed by atoms with Crippen molar-refractivity contribution in [2.75, 3.05) is 26.5 Å². The molecule has 6 heteroatoms. The Hall–Kier alpha value is -1.85. The number of carbonyl (C=O) groups is 1. The number of benzene rings is 2. The molecule has 24 heavy (non-hydrogen) atoms. The van der Waals surface area contributed by atoms with Crippen LogP contribution in [0.25, 0.3) is 0 Å². The number of hydrogen-bond donors (Lipinski definition) is 0. The molecular formula is C18H18ClNO3S. The molecule has 1 atom stereocenters. The van der Waals surface area contributed by atoms with Crippen LogP contribution >= 0.6 is 23.4 Å². The minimum atomic E-state index is -0.0582. The Morgan fingerprint density at radius 1 is 1.12 bits per heavy atom. The third-order valence-electron chi connectivity index (χ3n) is 3.90. The Kier molecular flexibility index (Phi) is 5.21. The van der Waals surface area contributed by atoms with Gasteiger partial charge >= 0.3 is 0 Å². The van der Waals surface area contributed by atoms with Gasteiger partial charge in [0.25, 0.3) is 5.91 Å². The fourth-order valence-electron chi connectivity index (χ4n) is 2.68. The van der Waals surface area contributed by atoms with Gasteiger partial charge in [0, 0.05) is 29.0 Å². The normalized spacial score (nSPS) is 17.0. The molecule has 2 aromatic carbocycles. The van der Waals surface area contributed by atoms with Crippen LogP contribution in [0.4, 0.5) is 0 Å². The first kappa shape index (κ1) is 17.0. The van der Waals surface area contributed by atoms with E-state index in [0.29, 0.717) is 17.1 Å². The SMILES string of the molecule is COc1cc(OC)cc([C@@H]2SCCN2C(=O)c2ccc(Cl)cc2)c1. The summed E-state index contributed by atoms with van der Waals surface area (Å²) in [6.45, 7) is 0.705. The van der Waals surface area contributed by atoms with Gasteiger partial charge in [-0.1, -0.05) is 11.6 Å². The second-order valence-electron chi connectivity index (χ2n) is 5.37. The molecule has 3 rings (SSSR count). The maximum atomic E-state index is 12.9. The zero-order valence-corrected chi connectivity index (χ0v) is 15.1. The molecule has 1 amide bonds. The van der Waals surface area contributed by atoms with Gasteiger partial charge in [-0.15, -0.1) is 11.8 Å². The zero-order chi connectivity index (χ0) is 17.1. The summed E-state index contributed by atoms with van der Waals surface area (Å²) in [6.07, 6.45) is 0. The smallest absolute Gasteiger partial charge is 0.255 e. The standard InChI is InChI=1S/C18H18ClNO3S/c1-22-15-9-13(10-16(11-15)23-2)18-20(7-8-24-18)17(21)12-3-5-14(19)6-4-12/h3-6,9-11,18H,7-8H2,1-2H3/t18-/m0/s1. The Labute approximate surface area is 150 Å². The number of thioether (sulfide) groups is 1. The lowest BCUT2D eigenvalue weighted by atomic mass is 10.1. The van der Waals surface area contributed by atoms with Gasteiger partial charge in [-0.2, -0.15) is 0 Å². The highest BCUT2D eigenvalue weighted by Crippen LogP contribution is 2.41. The third-order valence-corrected chi connectivity index (χ3v) is 5.41. The van der Waals surface area contributed by atoms with Crippen molar-refractivity contribution in [3.8, 4) is 11.5 Å². The van der Waals surface area contributed by atoms with Crippen molar-refractivity contribution in [3.63, 3.8) is 0 Å². The highest BCUT2D eigenvalue weighted by molar-refractivity contribution is 7.99. The maximum Gasteiger partial charge on any atom is 0.255 e. The van der Waals surface area contributed by atoms with Gasteiger partial charge in [-0.3, -0.25) is 4.79 Å². The van der Waals surface area contributed by atoms with Gasteiger partial charge < -0.3 is 14.4 Å². The molecule has 126 valence electrons. The molecule has 0 unspecified atom stereocenters. The molecule has 0 N–H and O–H groups in total. The first-order chi connectivity index (χ1) is 11.6. The average molecular weight is 364 g/mol. The second kappa shape index (κ2) is 7.36. The summed E-state index contributed by atoms with van der Waals surface area (Å²) >= 11 is 7.65. The highest BCUT2D eigenvalue weighted by Gasteiger charge is 2.31. The summed E-state index contributed by atoms with van der Waals surface area (Å²) in [5.41, 5.74) is 1.64. The largest absolute Gasteiger partial charge is 0.497 e. The van der Waals surface area contributed by atoms with Crippen LogP contribution in [0.2, 0.25) is 5.02 Å². The number of halogens is 1. The predicted molar refractivity (Wildman–Crippen MR) is 97.2 cm³/mol. The van der Waals surface area contributed by atoms with E-state index in [0.717, 1.165) is 22.8 Å².